The molecule has 0 bridgehead atoms. The molecular formula is C23H21ClN5OPS. The van der Waals surface area contributed by atoms with Crippen LogP contribution in [0.1, 0.15) is 16.1 Å². The zero-order valence-electron chi connectivity index (χ0n) is 17.8. The van der Waals surface area contributed by atoms with Crippen LogP contribution in [0.15, 0.2) is 71.0 Å². The number of amidine groups is 1. The van der Waals surface area contributed by atoms with Crippen LogP contribution in [-0.2, 0) is 4.57 Å². The van der Waals surface area contributed by atoms with E-state index < -0.39 is 7.44 Å². The van der Waals surface area contributed by atoms with Crippen LogP contribution in [0, 0.1) is 13.8 Å². The molecule has 0 fully saturated rings. The van der Waals surface area contributed by atoms with Gasteiger partial charge in [-0.05, 0) is 55.1 Å². The summed E-state index contributed by atoms with van der Waals surface area (Å²) in [5, 5.41) is 11.2. The number of hydrogen-bond donors (Lipinski definition) is 1. The molecule has 3 heterocycles. The van der Waals surface area contributed by atoms with E-state index in [9.17, 15) is 4.57 Å². The van der Waals surface area contributed by atoms with Crippen LogP contribution in [0.2, 0.25) is 5.02 Å². The number of nitrogens with zero attached hydrogens (tertiary/aromatic N) is 4. The van der Waals surface area contributed by atoms with Gasteiger partial charge in [-0.3, -0.25) is 9.24 Å². The Bertz CT molecular complexity index is 1380. The molecule has 162 valence electrons. The highest BCUT2D eigenvalue weighted by Crippen LogP contribution is 2.54. The molecule has 2 aromatic carbocycles. The largest absolute Gasteiger partial charge is 0.317 e. The van der Waals surface area contributed by atoms with Gasteiger partial charge in [0.25, 0.3) is 7.44 Å². The molecule has 6 nitrogen and oxygen atoms in total. The summed E-state index contributed by atoms with van der Waals surface area (Å²) in [5.74, 6) is 1.21. The molecule has 9 heteroatoms. The third kappa shape index (κ3) is 3.37. The molecule has 1 atom stereocenters. The van der Waals surface area contributed by atoms with E-state index in [0.717, 1.165) is 16.1 Å². The number of fused-ring (bicyclic) bond motifs is 1. The number of para-hydroxylation sites is 1. The molecule has 1 aliphatic heterocycles. The number of rotatable bonds is 4. The SMILES string of the molecule is Cc1ccc(N[P@@]2(=O)c3c(C)nn(-c4ccccc4)c3N=C(c3cccs3)N2C)cc1Cl. The first-order chi connectivity index (χ1) is 15.4. The Morgan fingerprint density at radius 2 is 1.84 bits per heavy atom. The van der Waals surface area contributed by atoms with Crippen molar-refractivity contribution in [3.63, 3.8) is 0 Å². The highest BCUT2D eigenvalue weighted by molar-refractivity contribution is 7.72. The van der Waals surface area contributed by atoms with Gasteiger partial charge >= 0.3 is 0 Å². The number of aryl methyl sites for hydroxylation is 2. The van der Waals surface area contributed by atoms with E-state index in [1.165, 1.54) is 0 Å². The van der Waals surface area contributed by atoms with Gasteiger partial charge in [0.15, 0.2) is 11.7 Å². The van der Waals surface area contributed by atoms with Crippen molar-refractivity contribution in [3.8, 4) is 5.69 Å². The van der Waals surface area contributed by atoms with Gasteiger partial charge in [0, 0.05) is 17.8 Å². The van der Waals surface area contributed by atoms with E-state index in [1.54, 1.807) is 26.8 Å². The van der Waals surface area contributed by atoms with Gasteiger partial charge in [-0.15, -0.1) is 11.3 Å². The Morgan fingerprint density at radius 3 is 2.53 bits per heavy atom. The lowest BCUT2D eigenvalue weighted by atomic mass is 10.2. The zero-order chi connectivity index (χ0) is 22.5. The third-order valence-electron chi connectivity index (χ3n) is 5.44. The maximum Gasteiger partial charge on any atom is 0.296 e. The number of aromatic nitrogens is 2. The maximum atomic E-state index is 14.8. The smallest absolute Gasteiger partial charge is 0.296 e. The predicted molar refractivity (Wildman–Crippen MR) is 134 cm³/mol. The van der Waals surface area contributed by atoms with E-state index in [2.05, 4.69) is 5.09 Å². The van der Waals surface area contributed by atoms with Crippen LogP contribution in [0.3, 0.4) is 0 Å². The molecule has 5 rings (SSSR count). The number of halogens is 1. The fraction of sp³-hybridized carbons (Fsp3) is 0.130. The minimum absolute atomic E-state index is 0.573. The summed E-state index contributed by atoms with van der Waals surface area (Å²) in [6.07, 6.45) is 0. The molecular weight excluding hydrogens is 461 g/mol. The Kier molecular flexibility index (Phi) is 5.20. The van der Waals surface area contributed by atoms with Crippen LogP contribution in [0.5, 0.6) is 0 Å². The molecule has 0 spiro atoms. The number of hydrogen-bond acceptors (Lipinski definition) is 4. The first-order valence-electron chi connectivity index (χ1n) is 10.1. The quantitative estimate of drug-likeness (QED) is 0.355. The summed E-state index contributed by atoms with van der Waals surface area (Å²) < 4.78 is 18.3. The summed E-state index contributed by atoms with van der Waals surface area (Å²) >= 11 is 7.91. The number of benzene rings is 2. The normalized spacial score (nSPS) is 17.8. The average molecular weight is 482 g/mol. The Balaban J connectivity index is 1.74. The van der Waals surface area contributed by atoms with Crippen LogP contribution >= 0.6 is 30.4 Å². The maximum absolute atomic E-state index is 14.8. The molecule has 0 radical (unpaired) electrons. The second-order valence-electron chi connectivity index (χ2n) is 7.59. The van der Waals surface area contributed by atoms with Gasteiger partial charge < -0.3 is 5.09 Å². The van der Waals surface area contributed by atoms with Crippen molar-refractivity contribution in [2.75, 3.05) is 12.1 Å². The fourth-order valence-electron chi connectivity index (χ4n) is 3.76. The zero-order valence-corrected chi connectivity index (χ0v) is 20.2. The van der Waals surface area contributed by atoms with Gasteiger partial charge in [-0.1, -0.05) is 41.9 Å². The van der Waals surface area contributed by atoms with Gasteiger partial charge in [0.05, 0.1) is 16.3 Å². The van der Waals surface area contributed by atoms with Crippen molar-refractivity contribution in [1.82, 2.24) is 14.5 Å². The van der Waals surface area contributed by atoms with Gasteiger partial charge in [-0.2, -0.15) is 5.10 Å². The van der Waals surface area contributed by atoms with Crippen LogP contribution in [-0.4, -0.2) is 27.3 Å². The highest BCUT2D eigenvalue weighted by Gasteiger charge is 2.43. The van der Waals surface area contributed by atoms with Gasteiger partial charge in [0.1, 0.15) is 5.30 Å². The molecule has 0 amide bonds. The lowest BCUT2D eigenvalue weighted by Crippen LogP contribution is -2.36. The number of nitrogens with one attached hydrogen (secondary N) is 1. The van der Waals surface area contributed by atoms with Gasteiger partial charge in [-0.25, -0.2) is 9.67 Å². The summed E-state index contributed by atoms with van der Waals surface area (Å²) in [6.45, 7) is 3.81. The number of thiophene rings is 1. The third-order valence-corrected chi connectivity index (χ3v) is 9.44. The molecule has 1 N–H and O–H groups in total. The summed E-state index contributed by atoms with van der Waals surface area (Å²) in [7, 11) is -1.56. The van der Waals surface area contributed by atoms with Crippen molar-refractivity contribution >= 4 is 53.0 Å². The van der Waals surface area contributed by atoms with Crippen molar-refractivity contribution in [2.45, 2.75) is 13.8 Å². The molecule has 1 aliphatic rings. The molecule has 0 aliphatic carbocycles. The molecule has 32 heavy (non-hydrogen) atoms. The Hall–Kier alpha value is -2.86. The van der Waals surface area contributed by atoms with E-state index in [4.69, 9.17) is 21.7 Å². The molecule has 4 aromatic rings. The summed E-state index contributed by atoms with van der Waals surface area (Å²) in [5.41, 5.74) is 3.17. The van der Waals surface area contributed by atoms with E-state index >= 15 is 0 Å². The van der Waals surface area contributed by atoms with Crippen molar-refractivity contribution in [3.05, 3.63) is 87.2 Å². The standard InChI is InChI=1S/C23H21ClN5OPS/c1-15-11-12-17(14-19(15)24)27-31(30)21-16(2)26-29(18-8-5-4-6-9-18)23(21)25-22(28(31)3)20-10-7-13-32-20/h4-14H,1-3H3,(H,27,30)/t31-/m0/s1. The second-order valence-corrected chi connectivity index (χ2v) is 11.4. The minimum atomic E-state index is -3.37. The molecule has 0 saturated carbocycles. The van der Waals surface area contributed by atoms with Crippen molar-refractivity contribution < 1.29 is 4.57 Å². The Labute approximate surface area is 195 Å². The molecule has 2 aromatic heterocycles. The molecule has 0 unspecified atom stereocenters. The van der Waals surface area contributed by atoms with Crippen LogP contribution in [0.4, 0.5) is 11.5 Å². The van der Waals surface area contributed by atoms with Crippen LogP contribution in [0.25, 0.3) is 5.69 Å². The van der Waals surface area contributed by atoms with Crippen LogP contribution < -0.4 is 10.4 Å². The lowest BCUT2D eigenvalue weighted by Gasteiger charge is -2.34. The first kappa shape index (κ1) is 21.0. The first-order valence-corrected chi connectivity index (χ1v) is 13.0. The van der Waals surface area contributed by atoms with E-state index in [1.807, 2.05) is 80.9 Å². The summed E-state index contributed by atoms with van der Waals surface area (Å²) in [4.78, 5) is 5.88. The predicted octanol–water partition coefficient (Wildman–Crippen LogP) is 6.16. The molecule has 0 saturated heterocycles. The van der Waals surface area contributed by atoms with E-state index in [-0.39, 0.29) is 0 Å². The van der Waals surface area contributed by atoms with Crippen molar-refractivity contribution in [2.24, 2.45) is 4.99 Å². The fourth-order valence-corrected chi connectivity index (χ4v) is 7.12. The van der Waals surface area contributed by atoms with Crippen molar-refractivity contribution in [1.29, 1.82) is 0 Å². The lowest BCUT2D eigenvalue weighted by molar-refractivity contribution is 0.553. The minimum Gasteiger partial charge on any atom is -0.317 e. The van der Waals surface area contributed by atoms with Gasteiger partial charge in [0.2, 0.25) is 0 Å². The Morgan fingerprint density at radius 1 is 1.06 bits per heavy atom. The average Bonchev–Trinajstić information content (AvgIpc) is 3.42. The monoisotopic (exact) mass is 481 g/mol. The highest BCUT2D eigenvalue weighted by atomic mass is 35.5. The summed E-state index contributed by atoms with van der Waals surface area (Å²) in [6, 6.07) is 19.3. The van der Waals surface area contributed by atoms with E-state index in [0.29, 0.717) is 33.4 Å². The number of aliphatic imine (C=N–C) groups is 1. The second kappa shape index (κ2) is 7.93. The number of anilines is 1. The topological polar surface area (TPSA) is 62.5 Å².